The zero-order valence-corrected chi connectivity index (χ0v) is 24.7. The lowest BCUT2D eigenvalue weighted by Gasteiger charge is -2.11. The monoisotopic (exact) mass is 583 g/mol. The van der Waals surface area contributed by atoms with Gasteiger partial charge in [-0.25, -0.2) is 18.8 Å². The summed E-state index contributed by atoms with van der Waals surface area (Å²) in [6, 6.07) is 8.79. The lowest BCUT2D eigenvalue weighted by Crippen LogP contribution is -2.33. The van der Waals surface area contributed by atoms with Gasteiger partial charge in [0.2, 0.25) is 0 Å². The van der Waals surface area contributed by atoms with Crippen molar-refractivity contribution in [3.8, 4) is 17.0 Å². The van der Waals surface area contributed by atoms with Crippen molar-refractivity contribution in [1.29, 1.82) is 0 Å². The summed E-state index contributed by atoms with van der Waals surface area (Å²) < 4.78 is 11.2. The van der Waals surface area contributed by atoms with E-state index in [1.165, 1.54) is 17.7 Å². The number of hydrogen-bond donors (Lipinski definition) is 2. The van der Waals surface area contributed by atoms with Gasteiger partial charge in [-0.1, -0.05) is 38.3 Å². The number of aromatic nitrogens is 4. The van der Waals surface area contributed by atoms with E-state index in [1.54, 1.807) is 35.7 Å². The fraction of sp³-hybridized carbons (Fsp3) is 0.393. The summed E-state index contributed by atoms with van der Waals surface area (Å²) >= 11 is 7.91. The van der Waals surface area contributed by atoms with E-state index in [0.717, 1.165) is 24.8 Å². The number of fused-ring (bicyclic) bond motifs is 1. The molecular weight excluding hydrogens is 550 g/mol. The van der Waals surface area contributed by atoms with E-state index in [2.05, 4.69) is 28.9 Å². The Bertz CT molecular complexity index is 1440. The first-order valence-corrected chi connectivity index (χ1v) is 14.4. The van der Waals surface area contributed by atoms with Crippen LogP contribution < -0.4 is 15.4 Å². The van der Waals surface area contributed by atoms with E-state index in [9.17, 15) is 9.59 Å². The van der Waals surface area contributed by atoms with Gasteiger partial charge in [0.1, 0.15) is 5.75 Å². The van der Waals surface area contributed by atoms with Crippen molar-refractivity contribution < 1.29 is 14.3 Å². The van der Waals surface area contributed by atoms with Crippen LogP contribution in [0.4, 0.5) is 10.6 Å². The minimum atomic E-state index is -0.513. The number of benzene rings is 1. The lowest BCUT2D eigenvalue weighted by atomic mass is 10.1. The third-order valence-corrected chi connectivity index (χ3v) is 7.05. The molecule has 2 amide bonds. The number of anilines is 1. The number of rotatable bonds is 12. The molecule has 4 aromatic rings. The van der Waals surface area contributed by atoms with Crippen molar-refractivity contribution in [3.63, 3.8) is 0 Å². The predicted molar refractivity (Wildman–Crippen MR) is 159 cm³/mol. The molecule has 10 nitrogen and oxygen atoms in total. The number of hydrogen-bond acceptors (Lipinski definition) is 8. The third kappa shape index (κ3) is 7.77. The highest BCUT2D eigenvalue weighted by atomic mass is 35.5. The Morgan fingerprint density at radius 3 is 2.62 bits per heavy atom. The fourth-order valence-electron chi connectivity index (χ4n) is 4.04. The highest BCUT2D eigenvalue weighted by Crippen LogP contribution is 2.33. The molecule has 40 heavy (non-hydrogen) atoms. The normalized spacial score (nSPS) is 11.4. The number of nitrogens with one attached hydrogen (secondary N) is 2. The molecule has 3 heterocycles. The average Bonchev–Trinajstić information content (AvgIpc) is 3.55. The lowest BCUT2D eigenvalue weighted by molar-refractivity contribution is 0.102. The second-order valence-corrected chi connectivity index (χ2v) is 11.2. The van der Waals surface area contributed by atoms with E-state index in [-0.39, 0.29) is 5.91 Å². The number of nitrogens with zero attached hydrogens (tertiary/aromatic N) is 5. The molecule has 0 aliphatic rings. The third-order valence-electron chi connectivity index (χ3n) is 6.17. The number of likely N-dealkylation sites (N-methyl/N-ethyl adjacent to an activating group) is 1. The first kappa shape index (κ1) is 29.4. The smallest absolute Gasteiger partial charge is 0.410 e. The maximum absolute atomic E-state index is 12.7. The Labute approximate surface area is 242 Å². The van der Waals surface area contributed by atoms with Gasteiger partial charge < -0.3 is 20.3 Å². The Hall–Kier alpha value is -3.54. The van der Waals surface area contributed by atoms with Gasteiger partial charge in [-0.05, 0) is 68.3 Å². The van der Waals surface area contributed by atoms with Crippen molar-refractivity contribution >= 4 is 52.0 Å². The van der Waals surface area contributed by atoms with Crippen LogP contribution in [0, 0.1) is 5.92 Å². The topological polar surface area (TPSA) is 114 Å². The van der Waals surface area contributed by atoms with Crippen LogP contribution in [0.3, 0.4) is 0 Å². The van der Waals surface area contributed by atoms with Gasteiger partial charge in [0.15, 0.2) is 11.5 Å². The highest BCUT2D eigenvalue weighted by molar-refractivity contribution is 7.03. The maximum Gasteiger partial charge on any atom is 0.412 e. The molecule has 0 aliphatic carbocycles. The molecule has 212 valence electrons. The van der Waals surface area contributed by atoms with Gasteiger partial charge in [0.25, 0.3) is 5.91 Å². The van der Waals surface area contributed by atoms with Crippen LogP contribution in [-0.4, -0.2) is 63.2 Å². The number of pyridine rings is 1. The SMILES string of the molecule is CC(C)CCCCn1nc(NC(=O)c2cnsc2)c2cc(Cl)c(-c3ccc(OC(=O)NCCN(C)C)cc3)nc21. The summed E-state index contributed by atoms with van der Waals surface area (Å²) in [6.07, 6.45) is 4.13. The summed E-state index contributed by atoms with van der Waals surface area (Å²) in [5.41, 5.74) is 2.42. The van der Waals surface area contributed by atoms with Crippen LogP contribution in [0.5, 0.6) is 5.75 Å². The zero-order valence-electron chi connectivity index (χ0n) is 23.1. The van der Waals surface area contributed by atoms with Crippen molar-refractivity contribution in [2.45, 2.75) is 39.7 Å². The van der Waals surface area contributed by atoms with Gasteiger partial charge in [0.05, 0.1) is 27.9 Å². The standard InChI is InChI=1S/C28H34ClN7O3S/c1-18(2)7-5-6-13-36-26-22(25(34-36)33-27(37)20-16-31-40-17-20)15-23(29)24(32-26)19-8-10-21(11-9-19)39-28(38)30-12-14-35(3)4/h8-11,15-18H,5-7,12-14H2,1-4H3,(H,30,38)(H,33,34,37). The van der Waals surface area contributed by atoms with Crippen LogP contribution in [0.15, 0.2) is 41.9 Å². The summed E-state index contributed by atoms with van der Waals surface area (Å²) in [6.45, 7) is 6.27. The second kappa shape index (κ2) is 13.7. The zero-order chi connectivity index (χ0) is 28.6. The van der Waals surface area contributed by atoms with E-state index in [4.69, 9.17) is 26.4 Å². The second-order valence-electron chi connectivity index (χ2n) is 10.2. The summed E-state index contributed by atoms with van der Waals surface area (Å²) in [5.74, 6) is 1.15. The van der Waals surface area contributed by atoms with Gasteiger partial charge in [-0.15, -0.1) is 0 Å². The quantitative estimate of drug-likeness (QED) is 0.198. The van der Waals surface area contributed by atoms with Crippen molar-refractivity contribution in [2.24, 2.45) is 5.92 Å². The molecule has 12 heteroatoms. The van der Waals surface area contributed by atoms with Crippen LogP contribution in [0.25, 0.3) is 22.3 Å². The fourth-order valence-corrected chi connectivity index (χ4v) is 4.82. The van der Waals surface area contributed by atoms with Crippen LogP contribution in [0.1, 0.15) is 43.5 Å². The molecular formula is C28H34ClN7O3S. The molecule has 0 saturated carbocycles. The van der Waals surface area contributed by atoms with E-state index in [0.29, 0.717) is 64.4 Å². The van der Waals surface area contributed by atoms with Gasteiger partial charge in [-0.2, -0.15) is 5.10 Å². The predicted octanol–water partition coefficient (Wildman–Crippen LogP) is 5.94. The molecule has 0 unspecified atom stereocenters. The van der Waals surface area contributed by atoms with E-state index < -0.39 is 6.09 Å². The molecule has 1 aromatic carbocycles. The van der Waals surface area contributed by atoms with E-state index in [1.807, 2.05) is 23.7 Å². The molecule has 0 spiro atoms. The number of amides is 2. The molecule has 0 aliphatic heterocycles. The highest BCUT2D eigenvalue weighted by Gasteiger charge is 2.19. The van der Waals surface area contributed by atoms with Crippen LogP contribution in [0.2, 0.25) is 5.02 Å². The van der Waals surface area contributed by atoms with E-state index >= 15 is 0 Å². The number of carbonyl (C=O) groups excluding carboxylic acids is 2. The van der Waals surface area contributed by atoms with Gasteiger partial charge in [-0.3, -0.25) is 4.79 Å². The first-order valence-electron chi connectivity index (χ1n) is 13.2. The Balaban J connectivity index is 1.57. The number of unbranched alkanes of at least 4 members (excludes halogenated alkanes) is 1. The summed E-state index contributed by atoms with van der Waals surface area (Å²) in [7, 11) is 3.86. The molecule has 0 atom stereocenters. The average molecular weight is 584 g/mol. The van der Waals surface area contributed by atoms with Crippen LogP contribution in [-0.2, 0) is 6.54 Å². The number of ether oxygens (including phenoxy) is 1. The molecule has 0 saturated heterocycles. The molecule has 2 N–H and O–H groups in total. The summed E-state index contributed by atoms with van der Waals surface area (Å²) in [4.78, 5) is 31.7. The summed E-state index contributed by atoms with van der Waals surface area (Å²) in [5, 5.41) is 13.1. The molecule has 3 aromatic heterocycles. The van der Waals surface area contributed by atoms with Crippen molar-refractivity contribution in [3.05, 3.63) is 52.5 Å². The molecule has 0 fully saturated rings. The Morgan fingerprint density at radius 1 is 1.18 bits per heavy atom. The Morgan fingerprint density at radius 2 is 1.95 bits per heavy atom. The van der Waals surface area contributed by atoms with Crippen LogP contribution >= 0.6 is 23.1 Å². The maximum atomic E-state index is 12.7. The molecule has 0 radical (unpaired) electrons. The minimum Gasteiger partial charge on any atom is -0.410 e. The number of halogens is 1. The van der Waals surface area contributed by atoms with Gasteiger partial charge >= 0.3 is 6.09 Å². The minimum absolute atomic E-state index is 0.290. The molecule has 0 bridgehead atoms. The largest absolute Gasteiger partial charge is 0.412 e. The Kier molecular flexibility index (Phi) is 10.1. The first-order chi connectivity index (χ1) is 19.2. The van der Waals surface area contributed by atoms with Crippen molar-refractivity contribution in [1.82, 2.24) is 29.4 Å². The number of aryl methyl sites for hydroxylation is 1. The number of carbonyl (C=O) groups is 2. The van der Waals surface area contributed by atoms with Crippen molar-refractivity contribution in [2.75, 3.05) is 32.5 Å². The molecule has 4 rings (SSSR count). The van der Waals surface area contributed by atoms with Gasteiger partial charge in [0, 0.05) is 30.6 Å².